The fourth-order valence-electron chi connectivity index (χ4n) is 2.93. The smallest absolute Gasteiger partial charge is 0.269 e. The maximum atomic E-state index is 13.0. The van der Waals surface area contributed by atoms with Crippen molar-refractivity contribution in [3.63, 3.8) is 0 Å². The summed E-state index contributed by atoms with van der Waals surface area (Å²) in [5.74, 6) is -0.607. The quantitative estimate of drug-likeness (QED) is 0.390. The molecule has 3 rings (SSSR count). The molecule has 0 spiro atoms. The minimum absolute atomic E-state index is 0.102. The van der Waals surface area contributed by atoms with E-state index in [0.717, 1.165) is 17.3 Å². The molecule has 0 atom stereocenters. The molecule has 0 unspecified atom stereocenters. The summed E-state index contributed by atoms with van der Waals surface area (Å²) in [4.78, 5) is 37.6. The molecule has 1 aliphatic heterocycles. The Hall–Kier alpha value is -2.68. The van der Waals surface area contributed by atoms with Gasteiger partial charge in [-0.2, -0.15) is 0 Å². The van der Waals surface area contributed by atoms with E-state index in [4.69, 9.17) is 16.7 Å². The molecule has 1 heterocycles. The number of non-ortho nitro benzene ring substituents is 1. The maximum Gasteiger partial charge on any atom is 0.269 e. The largest absolute Gasteiger partial charge is 0.396 e. The van der Waals surface area contributed by atoms with Crippen molar-refractivity contribution in [2.45, 2.75) is 6.42 Å². The number of aliphatic hydroxyl groups excluding tert-OH is 1. The number of halogens is 1. The SMILES string of the molecule is O=C1C(SCCO)=C(c2ccc([N+](=O)[O-])cc2)C(=O)N1CCc1ccc(Cl)cc1. The molecule has 0 radical (unpaired) electrons. The van der Waals surface area contributed by atoms with Crippen molar-refractivity contribution in [2.24, 2.45) is 0 Å². The number of amides is 2. The molecule has 7 nitrogen and oxygen atoms in total. The summed E-state index contributed by atoms with van der Waals surface area (Å²) in [6.45, 7) is 0.0485. The average Bonchev–Trinajstić information content (AvgIpc) is 2.95. The van der Waals surface area contributed by atoms with E-state index < -0.39 is 16.7 Å². The molecule has 2 amide bonds. The van der Waals surface area contributed by atoms with E-state index in [0.29, 0.717) is 17.0 Å². The molecule has 0 fully saturated rings. The van der Waals surface area contributed by atoms with Crippen molar-refractivity contribution in [1.29, 1.82) is 0 Å². The summed E-state index contributed by atoms with van der Waals surface area (Å²) in [7, 11) is 0. The molecular weight excluding hydrogens is 416 g/mol. The zero-order valence-corrected chi connectivity index (χ0v) is 16.8. The van der Waals surface area contributed by atoms with Crippen molar-refractivity contribution in [3.05, 3.63) is 79.7 Å². The third-order valence-electron chi connectivity index (χ3n) is 4.37. The molecule has 1 N–H and O–H groups in total. The van der Waals surface area contributed by atoms with Crippen LogP contribution in [0.5, 0.6) is 0 Å². The van der Waals surface area contributed by atoms with Crippen LogP contribution in [0, 0.1) is 10.1 Å². The summed E-state index contributed by atoms with van der Waals surface area (Å²) in [5, 5.41) is 20.6. The van der Waals surface area contributed by atoms with Crippen molar-refractivity contribution in [3.8, 4) is 0 Å². The molecule has 0 bridgehead atoms. The number of benzene rings is 2. The van der Waals surface area contributed by atoms with E-state index in [9.17, 15) is 19.7 Å². The minimum atomic E-state index is -0.528. The summed E-state index contributed by atoms with van der Waals surface area (Å²) in [6.07, 6.45) is 0.472. The first-order valence-corrected chi connectivity index (χ1v) is 10.1. The summed E-state index contributed by atoms with van der Waals surface area (Å²) in [5.41, 5.74) is 1.47. The Bertz CT molecular complexity index is 973. The molecule has 29 heavy (non-hydrogen) atoms. The van der Waals surface area contributed by atoms with Crippen molar-refractivity contribution >= 4 is 46.4 Å². The first-order valence-electron chi connectivity index (χ1n) is 8.75. The lowest BCUT2D eigenvalue weighted by Gasteiger charge is -2.15. The number of hydrogen-bond acceptors (Lipinski definition) is 6. The second kappa shape index (κ2) is 9.21. The highest BCUT2D eigenvalue weighted by Crippen LogP contribution is 2.36. The van der Waals surface area contributed by atoms with Gasteiger partial charge in [-0.1, -0.05) is 23.7 Å². The summed E-state index contributed by atoms with van der Waals surface area (Å²) < 4.78 is 0. The molecule has 2 aromatic carbocycles. The fourth-order valence-corrected chi connectivity index (χ4v) is 3.94. The Balaban J connectivity index is 1.86. The summed E-state index contributed by atoms with van der Waals surface area (Å²) >= 11 is 6.98. The second-order valence-corrected chi connectivity index (χ2v) is 7.76. The standard InChI is InChI=1S/C20H17ClN2O5S/c21-15-5-1-13(2-6-15)9-10-22-19(25)17(18(20(22)26)29-12-11-24)14-3-7-16(8-4-14)23(27)28/h1-8,24H,9-12H2. The van der Waals surface area contributed by atoms with Gasteiger partial charge in [0, 0.05) is 29.5 Å². The zero-order valence-electron chi connectivity index (χ0n) is 15.2. The van der Waals surface area contributed by atoms with Crippen molar-refractivity contribution in [2.75, 3.05) is 18.9 Å². The van der Waals surface area contributed by atoms with E-state index in [1.807, 2.05) is 12.1 Å². The van der Waals surface area contributed by atoms with Crippen LogP contribution in [0.3, 0.4) is 0 Å². The van der Waals surface area contributed by atoms with E-state index in [-0.39, 0.29) is 35.1 Å². The van der Waals surface area contributed by atoms with Gasteiger partial charge < -0.3 is 5.11 Å². The van der Waals surface area contributed by atoms with Gasteiger partial charge in [0.2, 0.25) is 0 Å². The minimum Gasteiger partial charge on any atom is -0.396 e. The summed E-state index contributed by atoms with van der Waals surface area (Å²) in [6, 6.07) is 12.7. The van der Waals surface area contributed by atoms with E-state index >= 15 is 0 Å². The molecule has 0 saturated heterocycles. The molecular formula is C20H17ClN2O5S. The first kappa shape index (κ1) is 21.0. The normalized spacial score (nSPS) is 14.1. The number of carbonyl (C=O) groups is 2. The molecule has 1 aliphatic rings. The molecule has 0 saturated carbocycles. The average molecular weight is 433 g/mol. The Morgan fingerprint density at radius 3 is 2.28 bits per heavy atom. The lowest BCUT2D eigenvalue weighted by Crippen LogP contribution is -2.33. The lowest BCUT2D eigenvalue weighted by molar-refractivity contribution is -0.384. The van der Waals surface area contributed by atoms with E-state index in [1.165, 1.54) is 29.2 Å². The van der Waals surface area contributed by atoms with Gasteiger partial charge in [-0.05, 0) is 41.8 Å². The Morgan fingerprint density at radius 1 is 1.03 bits per heavy atom. The van der Waals surface area contributed by atoms with Crippen LogP contribution < -0.4 is 0 Å². The number of aliphatic hydroxyl groups is 1. The van der Waals surface area contributed by atoms with Crippen LogP contribution in [0.15, 0.2) is 53.4 Å². The number of thioether (sulfide) groups is 1. The van der Waals surface area contributed by atoms with Crippen LogP contribution in [0.4, 0.5) is 5.69 Å². The molecule has 9 heteroatoms. The number of hydrogen-bond donors (Lipinski definition) is 1. The maximum absolute atomic E-state index is 13.0. The molecule has 0 aromatic heterocycles. The Kier molecular flexibility index (Phi) is 6.68. The van der Waals surface area contributed by atoms with Gasteiger partial charge in [0.15, 0.2) is 0 Å². The van der Waals surface area contributed by atoms with Gasteiger partial charge in [-0.25, -0.2) is 0 Å². The third kappa shape index (κ3) is 4.67. The van der Waals surface area contributed by atoms with Crippen LogP contribution >= 0.6 is 23.4 Å². The lowest BCUT2D eigenvalue weighted by atomic mass is 10.1. The topological polar surface area (TPSA) is 101 Å². The molecule has 150 valence electrons. The van der Waals surface area contributed by atoms with Gasteiger partial charge in [0.1, 0.15) is 0 Å². The Morgan fingerprint density at radius 2 is 1.69 bits per heavy atom. The molecule has 2 aromatic rings. The van der Waals surface area contributed by atoms with E-state index in [1.54, 1.807) is 12.1 Å². The predicted molar refractivity (Wildman–Crippen MR) is 111 cm³/mol. The van der Waals surface area contributed by atoms with Gasteiger partial charge in [-0.15, -0.1) is 11.8 Å². The third-order valence-corrected chi connectivity index (χ3v) is 5.67. The van der Waals surface area contributed by atoms with Gasteiger partial charge in [-0.3, -0.25) is 24.6 Å². The van der Waals surface area contributed by atoms with Gasteiger partial charge in [0.05, 0.1) is 22.0 Å². The monoisotopic (exact) mass is 432 g/mol. The number of imide groups is 1. The van der Waals surface area contributed by atoms with Crippen LogP contribution in [0.1, 0.15) is 11.1 Å². The number of rotatable bonds is 8. The number of nitrogens with zero attached hydrogens (tertiary/aromatic N) is 2. The fraction of sp³-hybridized carbons (Fsp3) is 0.200. The number of carbonyl (C=O) groups excluding carboxylic acids is 2. The first-order chi connectivity index (χ1) is 13.9. The predicted octanol–water partition coefficient (Wildman–Crippen LogP) is 3.30. The zero-order chi connectivity index (χ0) is 21.0. The van der Waals surface area contributed by atoms with Crippen LogP contribution in [-0.4, -0.2) is 45.6 Å². The van der Waals surface area contributed by atoms with Crippen molar-refractivity contribution in [1.82, 2.24) is 4.90 Å². The highest BCUT2D eigenvalue weighted by atomic mass is 35.5. The number of nitro groups is 1. The van der Waals surface area contributed by atoms with Gasteiger partial charge >= 0.3 is 0 Å². The highest BCUT2D eigenvalue weighted by Gasteiger charge is 2.38. The van der Waals surface area contributed by atoms with Crippen LogP contribution in [0.2, 0.25) is 5.02 Å². The van der Waals surface area contributed by atoms with Gasteiger partial charge in [0.25, 0.3) is 17.5 Å². The van der Waals surface area contributed by atoms with Crippen LogP contribution in [-0.2, 0) is 16.0 Å². The highest BCUT2D eigenvalue weighted by molar-refractivity contribution is 8.04. The van der Waals surface area contributed by atoms with E-state index in [2.05, 4.69) is 0 Å². The van der Waals surface area contributed by atoms with Crippen LogP contribution in [0.25, 0.3) is 5.57 Å². The molecule has 0 aliphatic carbocycles. The second-order valence-electron chi connectivity index (χ2n) is 6.22. The Labute approximate surface area is 176 Å². The number of nitro benzene ring substituents is 1. The van der Waals surface area contributed by atoms with Crippen molar-refractivity contribution < 1.29 is 19.6 Å².